The first-order valence-corrected chi connectivity index (χ1v) is 12.9. The number of H-pyrrole nitrogens is 1. The summed E-state index contributed by atoms with van der Waals surface area (Å²) in [5.41, 5.74) is 2.56. The zero-order chi connectivity index (χ0) is 28.1. The molecule has 1 amide bonds. The molecule has 5 rings (SSSR count). The van der Waals surface area contributed by atoms with Crippen molar-refractivity contribution in [3.8, 4) is 0 Å². The van der Waals surface area contributed by atoms with Gasteiger partial charge >= 0.3 is 0 Å². The average molecular weight is 550 g/mol. The maximum Gasteiger partial charge on any atom is 0.226 e. The van der Waals surface area contributed by atoms with Crippen LogP contribution >= 0.6 is 0 Å². The topological polar surface area (TPSA) is 148 Å². The summed E-state index contributed by atoms with van der Waals surface area (Å²) in [7, 11) is 0. The van der Waals surface area contributed by atoms with Crippen LogP contribution in [-0.4, -0.2) is 49.5 Å². The highest BCUT2D eigenvalue weighted by Crippen LogP contribution is 2.39. The van der Waals surface area contributed by atoms with Gasteiger partial charge in [-0.15, -0.1) is 0 Å². The smallest absolute Gasteiger partial charge is 0.226 e. The van der Waals surface area contributed by atoms with E-state index in [-0.39, 0.29) is 25.6 Å². The van der Waals surface area contributed by atoms with Gasteiger partial charge in [0.25, 0.3) is 0 Å². The van der Waals surface area contributed by atoms with E-state index in [1.165, 1.54) is 36.4 Å². The van der Waals surface area contributed by atoms with Gasteiger partial charge < -0.3 is 26.2 Å². The number of aromatic amines is 1. The van der Waals surface area contributed by atoms with E-state index in [1.807, 2.05) is 6.07 Å². The van der Waals surface area contributed by atoms with Crippen molar-refractivity contribution < 1.29 is 23.8 Å². The lowest BCUT2D eigenvalue weighted by Gasteiger charge is -2.19. The minimum Gasteiger partial charge on any atom is -0.394 e. The molecule has 208 valence electrons. The molecule has 4 aromatic rings. The number of rotatable bonds is 12. The highest BCUT2D eigenvalue weighted by molar-refractivity contribution is 5.79. The number of carbonyl (C=O) groups excluding carboxylic acids is 1. The van der Waals surface area contributed by atoms with Crippen molar-refractivity contribution in [3.63, 3.8) is 0 Å². The van der Waals surface area contributed by atoms with E-state index in [4.69, 9.17) is 0 Å². The first-order valence-electron chi connectivity index (χ1n) is 12.9. The number of nitrogens with one attached hydrogen (secondary N) is 4. The fraction of sp³-hybridized carbons (Fsp3) is 0.286. The molecular formula is C28H29F2N7O3. The van der Waals surface area contributed by atoms with E-state index in [0.717, 1.165) is 18.5 Å². The molecule has 0 radical (unpaired) electrons. The Bertz CT molecular complexity index is 1440. The lowest BCUT2D eigenvalue weighted by molar-refractivity contribution is -0.121. The molecule has 1 aliphatic rings. The number of aromatic nitrogens is 4. The van der Waals surface area contributed by atoms with Gasteiger partial charge in [0.15, 0.2) is 5.82 Å². The van der Waals surface area contributed by atoms with Crippen LogP contribution < -0.4 is 16.0 Å². The first kappa shape index (κ1) is 27.2. The van der Waals surface area contributed by atoms with E-state index in [9.17, 15) is 23.8 Å². The van der Waals surface area contributed by atoms with E-state index < -0.39 is 29.6 Å². The molecule has 0 unspecified atom stereocenters. The zero-order valence-corrected chi connectivity index (χ0v) is 21.4. The summed E-state index contributed by atoms with van der Waals surface area (Å²) in [5, 5.41) is 36.0. The van der Waals surface area contributed by atoms with Crippen LogP contribution in [0.2, 0.25) is 0 Å². The van der Waals surface area contributed by atoms with Gasteiger partial charge in [-0.1, -0.05) is 24.3 Å². The Morgan fingerprint density at radius 3 is 2.12 bits per heavy atom. The Kier molecular flexibility index (Phi) is 8.27. The fourth-order valence-corrected chi connectivity index (χ4v) is 4.28. The predicted molar refractivity (Wildman–Crippen MR) is 144 cm³/mol. The van der Waals surface area contributed by atoms with Crippen molar-refractivity contribution in [2.24, 2.45) is 0 Å². The summed E-state index contributed by atoms with van der Waals surface area (Å²) in [6, 6.07) is 13.3. The van der Waals surface area contributed by atoms with Crippen molar-refractivity contribution in [2.45, 2.75) is 37.3 Å². The summed E-state index contributed by atoms with van der Waals surface area (Å²) < 4.78 is 26.7. The number of nitrogens with zero attached hydrogens (tertiary/aromatic N) is 3. The van der Waals surface area contributed by atoms with Gasteiger partial charge in [-0.05, 0) is 48.2 Å². The van der Waals surface area contributed by atoms with Crippen LogP contribution in [0.5, 0.6) is 0 Å². The lowest BCUT2D eigenvalue weighted by Crippen LogP contribution is -2.32. The Hall–Kier alpha value is -4.42. The van der Waals surface area contributed by atoms with E-state index in [0.29, 0.717) is 34.4 Å². The van der Waals surface area contributed by atoms with Crippen LogP contribution in [0.25, 0.3) is 0 Å². The maximum atomic E-state index is 13.4. The molecule has 10 nitrogen and oxygen atoms in total. The van der Waals surface area contributed by atoms with Crippen LogP contribution in [0.1, 0.15) is 53.4 Å². The molecule has 6 N–H and O–H groups in total. The van der Waals surface area contributed by atoms with Crippen molar-refractivity contribution >= 4 is 23.5 Å². The van der Waals surface area contributed by atoms with E-state index in [2.05, 4.69) is 36.1 Å². The number of benzene rings is 2. The summed E-state index contributed by atoms with van der Waals surface area (Å²) >= 11 is 0. The van der Waals surface area contributed by atoms with Crippen molar-refractivity contribution in [3.05, 3.63) is 94.8 Å². The van der Waals surface area contributed by atoms with Crippen LogP contribution in [0, 0.1) is 11.6 Å². The SMILES string of the molecule is O=C(Cc1cc(Nc2cc(C3CC3)[nH]n2)nc(N[C@@H](CO)c2ccc(F)cc2)n1)N[C@@H](CO)c1ccc(F)cc1. The van der Waals surface area contributed by atoms with Crippen LogP contribution in [0.15, 0.2) is 60.7 Å². The van der Waals surface area contributed by atoms with E-state index in [1.54, 1.807) is 18.2 Å². The molecular weight excluding hydrogens is 520 g/mol. The predicted octanol–water partition coefficient (Wildman–Crippen LogP) is 3.64. The third kappa shape index (κ3) is 6.96. The second kappa shape index (κ2) is 12.2. The zero-order valence-electron chi connectivity index (χ0n) is 21.4. The number of hydrogen-bond acceptors (Lipinski definition) is 8. The minimum atomic E-state index is -0.729. The van der Waals surface area contributed by atoms with Gasteiger partial charge in [0, 0.05) is 23.7 Å². The molecule has 12 heteroatoms. The molecule has 2 aromatic carbocycles. The minimum absolute atomic E-state index is 0.131. The number of aliphatic hydroxyl groups is 2. The third-order valence-corrected chi connectivity index (χ3v) is 6.54. The summed E-state index contributed by atoms with van der Waals surface area (Å²) in [4.78, 5) is 21.9. The number of hydrogen-bond donors (Lipinski definition) is 6. The number of carbonyl (C=O) groups is 1. The van der Waals surface area contributed by atoms with Crippen molar-refractivity contribution in [1.82, 2.24) is 25.5 Å². The molecule has 1 fully saturated rings. The standard InChI is InChI=1S/C28H29F2N7O3/c29-19-7-3-17(4-8-19)23(14-38)32-27(40)12-21-11-25(34-26-13-22(36-37-26)16-1-2-16)35-28(31-21)33-24(15-39)18-5-9-20(30)10-6-18/h3-11,13,16,23-24,38-39H,1-2,12,14-15H2,(H,32,40)(H3,31,33,34,35,36,37)/t23-,24-/m0/s1. The van der Waals surface area contributed by atoms with Crippen LogP contribution in [-0.2, 0) is 11.2 Å². The highest BCUT2D eigenvalue weighted by Gasteiger charge is 2.25. The quantitative estimate of drug-likeness (QED) is 0.157. The molecule has 0 bridgehead atoms. The Balaban J connectivity index is 1.36. The number of halogens is 2. The molecule has 1 saturated carbocycles. The monoisotopic (exact) mass is 549 g/mol. The van der Waals surface area contributed by atoms with Crippen LogP contribution in [0.4, 0.5) is 26.4 Å². The molecule has 1 aliphatic carbocycles. The lowest BCUT2D eigenvalue weighted by atomic mass is 10.1. The number of anilines is 3. The second-order valence-corrected chi connectivity index (χ2v) is 9.64. The largest absolute Gasteiger partial charge is 0.394 e. The molecule has 2 atom stereocenters. The molecule has 0 saturated heterocycles. The molecule has 2 aromatic heterocycles. The van der Waals surface area contributed by atoms with E-state index >= 15 is 0 Å². The summed E-state index contributed by atoms with van der Waals surface area (Å²) in [6.45, 7) is -0.693. The highest BCUT2D eigenvalue weighted by atomic mass is 19.1. The Labute approximate surface area is 228 Å². The van der Waals surface area contributed by atoms with Crippen molar-refractivity contribution in [2.75, 3.05) is 23.8 Å². The van der Waals surface area contributed by atoms with Crippen molar-refractivity contribution in [1.29, 1.82) is 0 Å². The Morgan fingerprint density at radius 1 is 0.900 bits per heavy atom. The maximum absolute atomic E-state index is 13.4. The molecule has 2 heterocycles. The van der Waals surface area contributed by atoms with Gasteiger partial charge in [0.1, 0.15) is 17.5 Å². The van der Waals surface area contributed by atoms with Gasteiger partial charge in [0.2, 0.25) is 11.9 Å². The Morgan fingerprint density at radius 2 is 1.52 bits per heavy atom. The van der Waals surface area contributed by atoms with Gasteiger partial charge in [-0.25, -0.2) is 13.8 Å². The fourth-order valence-electron chi connectivity index (χ4n) is 4.28. The average Bonchev–Trinajstić information content (AvgIpc) is 3.70. The molecule has 0 spiro atoms. The third-order valence-electron chi connectivity index (χ3n) is 6.54. The van der Waals surface area contributed by atoms with Gasteiger partial charge in [-0.3, -0.25) is 9.89 Å². The van der Waals surface area contributed by atoms with Gasteiger partial charge in [0.05, 0.1) is 37.4 Å². The number of aliphatic hydroxyl groups excluding tert-OH is 2. The molecule has 0 aliphatic heterocycles. The normalized spacial score (nSPS) is 14.4. The second-order valence-electron chi connectivity index (χ2n) is 9.64. The number of amides is 1. The first-order chi connectivity index (χ1) is 19.4. The summed E-state index contributed by atoms with van der Waals surface area (Å²) in [5.74, 6) is 0.279. The van der Waals surface area contributed by atoms with Gasteiger partial charge in [-0.2, -0.15) is 10.1 Å². The van der Waals surface area contributed by atoms with Crippen LogP contribution in [0.3, 0.4) is 0 Å². The summed E-state index contributed by atoms with van der Waals surface area (Å²) in [6.07, 6.45) is 2.07. The molecule has 40 heavy (non-hydrogen) atoms.